The molecule has 1 saturated carbocycles. The van der Waals surface area contributed by atoms with E-state index in [4.69, 9.17) is 37.8 Å². The van der Waals surface area contributed by atoms with Crippen LogP contribution in [0.4, 0.5) is 4.39 Å². The number of halogens is 3. The summed E-state index contributed by atoms with van der Waals surface area (Å²) in [4.78, 5) is 25.2. The first-order valence-electron chi connectivity index (χ1n) is 18.9. The summed E-state index contributed by atoms with van der Waals surface area (Å²) < 4.78 is 29.0. The maximum Gasteiger partial charge on any atom is 0.306 e. The smallest absolute Gasteiger partial charge is 0.306 e. The monoisotopic (exact) mass is 801 g/mol. The molecule has 7 rings (SSSR count). The van der Waals surface area contributed by atoms with Crippen LogP contribution in [0.3, 0.4) is 0 Å². The summed E-state index contributed by atoms with van der Waals surface area (Å²) in [5.74, 6) is -0.201. The number of carboxylic acid groups (broad SMARTS) is 1. The maximum atomic E-state index is 15.7. The third-order valence-electron chi connectivity index (χ3n) is 11.3. The summed E-state index contributed by atoms with van der Waals surface area (Å²) >= 11 is 14.1. The molecule has 1 saturated heterocycles. The van der Waals surface area contributed by atoms with Crippen molar-refractivity contribution < 1.29 is 28.6 Å². The van der Waals surface area contributed by atoms with Crippen LogP contribution in [0.5, 0.6) is 11.5 Å². The Labute approximate surface area is 335 Å². The summed E-state index contributed by atoms with van der Waals surface area (Å²) in [5.41, 5.74) is 6.02. The minimum absolute atomic E-state index is 0.0327. The number of methoxy groups -OCH3 is 2. The fraction of sp³-hybridized carbons (Fsp3) is 0.372. The number of aromatic nitrogens is 2. The van der Waals surface area contributed by atoms with Gasteiger partial charge in [0.15, 0.2) is 0 Å². The number of benzene rings is 4. The van der Waals surface area contributed by atoms with E-state index in [0.717, 1.165) is 58.2 Å². The largest absolute Gasteiger partial charge is 0.496 e. The predicted molar refractivity (Wildman–Crippen MR) is 217 cm³/mol. The SMILES string of the molecule is COc1cc(Cn2ncc3c(-c4cccc(-c5cc(F)c(CNC[C@@H]6CCC(=O)N6)c(OC)c5)c4Cl)cccc32)c(Cl)cc1CN(C)C1CCC(C(=O)O)CC1. The minimum Gasteiger partial charge on any atom is -0.496 e. The van der Waals surface area contributed by atoms with E-state index < -0.39 is 11.8 Å². The van der Waals surface area contributed by atoms with Gasteiger partial charge >= 0.3 is 5.97 Å². The molecule has 2 aliphatic rings. The van der Waals surface area contributed by atoms with E-state index >= 15 is 4.39 Å². The molecule has 1 aromatic heterocycles. The van der Waals surface area contributed by atoms with E-state index in [9.17, 15) is 14.7 Å². The van der Waals surface area contributed by atoms with Crippen LogP contribution in [0.25, 0.3) is 33.2 Å². The van der Waals surface area contributed by atoms with Gasteiger partial charge in [0, 0.05) is 70.8 Å². The second kappa shape index (κ2) is 17.2. The molecule has 0 unspecified atom stereocenters. The Balaban J connectivity index is 1.10. The van der Waals surface area contributed by atoms with Crippen molar-refractivity contribution in [2.75, 3.05) is 27.8 Å². The van der Waals surface area contributed by atoms with Gasteiger partial charge in [-0.2, -0.15) is 5.10 Å². The van der Waals surface area contributed by atoms with E-state index in [-0.39, 0.29) is 24.4 Å². The molecule has 1 atom stereocenters. The first-order valence-corrected chi connectivity index (χ1v) is 19.7. The molecule has 0 spiro atoms. The topological polar surface area (TPSA) is 118 Å². The maximum absolute atomic E-state index is 15.7. The van der Waals surface area contributed by atoms with Gasteiger partial charge in [-0.15, -0.1) is 0 Å². The van der Waals surface area contributed by atoms with Crippen LogP contribution in [0.2, 0.25) is 10.0 Å². The Morgan fingerprint density at radius 2 is 1.71 bits per heavy atom. The van der Waals surface area contributed by atoms with Crippen LogP contribution in [-0.4, -0.2) is 71.6 Å². The van der Waals surface area contributed by atoms with Gasteiger partial charge in [0.2, 0.25) is 5.91 Å². The van der Waals surface area contributed by atoms with E-state index in [1.165, 1.54) is 13.2 Å². The lowest BCUT2D eigenvalue weighted by atomic mass is 9.85. The molecule has 10 nitrogen and oxygen atoms in total. The van der Waals surface area contributed by atoms with Crippen molar-refractivity contribution >= 4 is 46.0 Å². The number of hydrogen-bond donors (Lipinski definition) is 3. The molecule has 3 N–H and O–H groups in total. The first kappa shape index (κ1) is 39.6. The Morgan fingerprint density at radius 3 is 2.43 bits per heavy atom. The number of carbonyl (C=O) groups is 2. The summed E-state index contributed by atoms with van der Waals surface area (Å²) in [6.07, 6.45) is 6.14. The van der Waals surface area contributed by atoms with Gasteiger partial charge in [-0.1, -0.05) is 53.5 Å². The zero-order valence-electron chi connectivity index (χ0n) is 31.7. The average Bonchev–Trinajstić information content (AvgIpc) is 3.81. The molecule has 1 aliphatic carbocycles. The Kier molecular flexibility index (Phi) is 12.2. The van der Waals surface area contributed by atoms with Crippen molar-refractivity contribution in [3.05, 3.63) is 99.4 Å². The lowest BCUT2D eigenvalue weighted by molar-refractivity contribution is -0.143. The number of rotatable bonds is 14. The number of carbonyl (C=O) groups excluding carboxylic acids is 1. The number of fused-ring (bicyclic) bond motifs is 1. The highest BCUT2D eigenvalue weighted by atomic mass is 35.5. The van der Waals surface area contributed by atoms with Crippen molar-refractivity contribution in [3.63, 3.8) is 0 Å². The highest BCUT2D eigenvalue weighted by molar-refractivity contribution is 6.36. The molecular formula is C43H46Cl2FN5O5. The van der Waals surface area contributed by atoms with Gasteiger partial charge in [0.25, 0.3) is 0 Å². The normalized spacial score (nSPS) is 18.4. The van der Waals surface area contributed by atoms with Crippen LogP contribution in [0.15, 0.2) is 66.9 Å². The molecule has 5 aromatic rings. The number of hydrogen-bond acceptors (Lipinski definition) is 7. The van der Waals surface area contributed by atoms with Crippen molar-refractivity contribution in [3.8, 4) is 33.8 Å². The van der Waals surface area contributed by atoms with Crippen molar-refractivity contribution in [2.45, 2.75) is 70.2 Å². The van der Waals surface area contributed by atoms with Gasteiger partial charge in [0.05, 0.1) is 43.4 Å². The zero-order chi connectivity index (χ0) is 39.5. The fourth-order valence-electron chi connectivity index (χ4n) is 8.14. The molecule has 56 heavy (non-hydrogen) atoms. The molecular weight excluding hydrogens is 756 g/mol. The van der Waals surface area contributed by atoms with Gasteiger partial charge in [-0.25, -0.2) is 4.39 Å². The number of nitrogens with zero attached hydrogens (tertiary/aromatic N) is 3. The molecule has 1 aliphatic heterocycles. The predicted octanol–water partition coefficient (Wildman–Crippen LogP) is 8.33. The summed E-state index contributed by atoms with van der Waals surface area (Å²) in [6, 6.07) is 19.2. The minimum atomic E-state index is -0.704. The van der Waals surface area contributed by atoms with Crippen molar-refractivity contribution in [2.24, 2.45) is 5.92 Å². The van der Waals surface area contributed by atoms with Crippen LogP contribution >= 0.6 is 23.2 Å². The van der Waals surface area contributed by atoms with Crippen LogP contribution in [-0.2, 0) is 29.2 Å². The van der Waals surface area contributed by atoms with E-state index in [0.29, 0.717) is 77.4 Å². The number of ether oxygens (including phenoxy) is 2. The van der Waals surface area contributed by atoms with Gasteiger partial charge in [-0.05, 0) is 86.2 Å². The average molecular weight is 803 g/mol. The van der Waals surface area contributed by atoms with E-state index in [1.54, 1.807) is 13.2 Å². The Morgan fingerprint density at radius 1 is 0.982 bits per heavy atom. The van der Waals surface area contributed by atoms with Crippen molar-refractivity contribution in [1.82, 2.24) is 25.3 Å². The summed E-state index contributed by atoms with van der Waals surface area (Å²) in [6.45, 7) is 1.82. The highest BCUT2D eigenvalue weighted by Crippen LogP contribution is 2.41. The quantitative estimate of drug-likeness (QED) is 0.103. The second-order valence-electron chi connectivity index (χ2n) is 14.8. The summed E-state index contributed by atoms with van der Waals surface area (Å²) in [7, 11) is 5.23. The molecule has 0 bridgehead atoms. The molecule has 2 fully saturated rings. The van der Waals surface area contributed by atoms with Crippen LogP contribution < -0.4 is 20.1 Å². The molecule has 0 radical (unpaired) electrons. The molecule has 4 aromatic carbocycles. The standard InChI is InChI=1S/C43H46Cl2FN5O5/c1-50(30-13-10-25(11-14-30)43(53)54)23-28-16-36(44)27(19-39(28)55-2)24-51-38-9-5-7-32(34(38)22-48-51)33-8-4-6-31(42(33)45)26-17-37(46)35(40(18-26)56-3)21-47-20-29-12-15-41(52)49-29/h4-9,16-19,22,25,29-30,47H,10-15,20-21,23-24H2,1-3H3,(H,49,52)(H,53,54)/t25?,29-,30?/m0/s1. The number of aliphatic carboxylic acids is 1. The van der Waals surface area contributed by atoms with E-state index in [2.05, 4.69) is 22.6 Å². The lowest BCUT2D eigenvalue weighted by Crippen LogP contribution is -2.36. The van der Waals surface area contributed by atoms with Crippen LogP contribution in [0.1, 0.15) is 55.2 Å². The van der Waals surface area contributed by atoms with Crippen molar-refractivity contribution in [1.29, 1.82) is 0 Å². The van der Waals surface area contributed by atoms with Gasteiger partial charge in [0.1, 0.15) is 17.3 Å². The lowest BCUT2D eigenvalue weighted by Gasteiger charge is -2.33. The Hall–Kier alpha value is -4.68. The summed E-state index contributed by atoms with van der Waals surface area (Å²) in [5, 5.41) is 22.3. The zero-order valence-corrected chi connectivity index (χ0v) is 33.2. The van der Waals surface area contributed by atoms with Crippen LogP contribution in [0, 0.1) is 11.7 Å². The third-order valence-corrected chi connectivity index (χ3v) is 12.1. The highest BCUT2D eigenvalue weighted by Gasteiger charge is 2.29. The van der Waals surface area contributed by atoms with Gasteiger partial charge in [-0.3, -0.25) is 19.2 Å². The molecule has 13 heteroatoms. The second-order valence-corrected chi connectivity index (χ2v) is 15.6. The number of carboxylic acids is 1. The molecule has 2 heterocycles. The third kappa shape index (κ3) is 8.37. The Bertz CT molecular complexity index is 2260. The molecule has 1 amide bonds. The van der Waals surface area contributed by atoms with E-state index in [1.807, 2.05) is 59.4 Å². The van der Waals surface area contributed by atoms with Gasteiger partial charge < -0.3 is 25.2 Å². The molecule has 294 valence electrons. The number of amides is 1. The number of nitrogens with one attached hydrogen (secondary N) is 2. The first-order chi connectivity index (χ1) is 27.0. The fourth-order valence-corrected chi connectivity index (χ4v) is 8.73.